The zero-order valence-corrected chi connectivity index (χ0v) is 10.7. The molecule has 0 aromatic heterocycles. The third-order valence-corrected chi connectivity index (χ3v) is 3.46. The van der Waals surface area contributed by atoms with Crippen molar-refractivity contribution in [1.29, 1.82) is 5.26 Å². The molecule has 0 fully saturated rings. The van der Waals surface area contributed by atoms with Gasteiger partial charge < -0.3 is 11.1 Å². The van der Waals surface area contributed by atoms with Crippen LogP contribution in [-0.2, 0) is 6.42 Å². The highest BCUT2D eigenvalue weighted by molar-refractivity contribution is 8.02. The monoisotopic (exact) mass is 247 g/mol. The summed E-state index contributed by atoms with van der Waals surface area (Å²) in [5, 5.41) is 14.3. The lowest BCUT2D eigenvalue weighted by Crippen LogP contribution is -2.29. The summed E-state index contributed by atoms with van der Waals surface area (Å²) in [6.45, 7) is 0.598. The van der Waals surface area contributed by atoms with E-state index >= 15 is 0 Å². The minimum atomic E-state index is 0.248. The Bertz CT molecular complexity index is 405. The third-order valence-electron chi connectivity index (χ3n) is 2.35. The maximum absolute atomic E-state index is 8.93. The Hall–Kier alpha value is -1.28. The van der Waals surface area contributed by atoms with Gasteiger partial charge in [0.15, 0.2) is 0 Å². The largest absolute Gasteiger partial charge is 0.328 e. The molecule has 0 saturated carbocycles. The van der Waals surface area contributed by atoms with Crippen molar-refractivity contribution in [3.05, 3.63) is 46.9 Å². The first-order chi connectivity index (χ1) is 8.31. The molecule has 1 rings (SSSR count). The summed E-state index contributed by atoms with van der Waals surface area (Å²) in [5.41, 5.74) is 7.36. The summed E-state index contributed by atoms with van der Waals surface area (Å²) >= 11 is 1.65. The first-order valence-corrected chi connectivity index (χ1v) is 6.42. The second-order valence-corrected chi connectivity index (χ2v) is 4.61. The molecule has 0 saturated heterocycles. The summed E-state index contributed by atoms with van der Waals surface area (Å²) in [7, 11) is 1.89. The first kappa shape index (κ1) is 13.8. The van der Waals surface area contributed by atoms with Gasteiger partial charge in [0.2, 0.25) is 0 Å². The Morgan fingerprint density at radius 2 is 2.29 bits per heavy atom. The van der Waals surface area contributed by atoms with Gasteiger partial charge in [0.25, 0.3) is 0 Å². The van der Waals surface area contributed by atoms with E-state index in [9.17, 15) is 0 Å². The molecule has 0 spiro atoms. The Kier molecular flexibility index (Phi) is 6.41. The van der Waals surface area contributed by atoms with Crippen LogP contribution in [0.1, 0.15) is 11.1 Å². The van der Waals surface area contributed by atoms with E-state index in [0.717, 1.165) is 17.5 Å². The number of allylic oxidation sites excluding steroid dienone is 1. The summed E-state index contributed by atoms with van der Waals surface area (Å²) in [5.74, 6) is 0. The zero-order valence-electron chi connectivity index (χ0n) is 9.89. The molecule has 0 radical (unpaired) electrons. The lowest BCUT2D eigenvalue weighted by Gasteiger charge is -2.09. The van der Waals surface area contributed by atoms with E-state index in [4.69, 9.17) is 11.0 Å². The molecule has 4 heteroatoms. The molecule has 1 aromatic carbocycles. The molecule has 3 nitrogen and oxygen atoms in total. The third kappa shape index (κ3) is 4.61. The molecule has 0 amide bonds. The van der Waals surface area contributed by atoms with Gasteiger partial charge in [-0.3, -0.25) is 0 Å². The SMILES string of the molecule is CNC(CN)S/C=C/Cc1ccccc1C#N. The molecule has 1 unspecified atom stereocenters. The lowest BCUT2D eigenvalue weighted by molar-refractivity contribution is 0.750. The predicted octanol–water partition coefficient (Wildman–Crippen LogP) is 1.85. The number of nitriles is 1. The van der Waals surface area contributed by atoms with E-state index in [1.54, 1.807) is 11.8 Å². The second kappa shape index (κ2) is 7.91. The normalized spacial score (nSPS) is 12.5. The molecule has 0 heterocycles. The molecule has 0 aliphatic heterocycles. The number of rotatable bonds is 6. The topological polar surface area (TPSA) is 61.8 Å². The van der Waals surface area contributed by atoms with E-state index in [1.165, 1.54) is 0 Å². The highest BCUT2D eigenvalue weighted by atomic mass is 32.2. The molecule has 0 bridgehead atoms. The van der Waals surface area contributed by atoms with Gasteiger partial charge in [0.05, 0.1) is 17.0 Å². The molecule has 1 aromatic rings. The number of thioether (sulfide) groups is 1. The maximum atomic E-state index is 8.93. The molecule has 3 N–H and O–H groups in total. The van der Waals surface area contributed by atoms with Crippen molar-refractivity contribution in [2.75, 3.05) is 13.6 Å². The minimum Gasteiger partial charge on any atom is -0.328 e. The van der Waals surface area contributed by atoms with Crippen LogP contribution in [-0.4, -0.2) is 19.0 Å². The quantitative estimate of drug-likeness (QED) is 0.753. The van der Waals surface area contributed by atoms with Crippen molar-refractivity contribution in [3.8, 4) is 6.07 Å². The number of hydrogen-bond acceptors (Lipinski definition) is 4. The van der Waals surface area contributed by atoms with Gasteiger partial charge in [-0.25, -0.2) is 0 Å². The Balaban J connectivity index is 2.50. The van der Waals surface area contributed by atoms with Crippen molar-refractivity contribution in [2.24, 2.45) is 5.73 Å². The summed E-state index contributed by atoms with van der Waals surface area (Å²) in [4.78, 5) is 0. The van der Waals surface area contributed by atoms with Crippen LogP contribution >= 0.6 is 11.8 Å². The van der Waals surface area contributed by atoms with Crippen LogP contribution in [0.3, 0.4) is 0 Å². The van der Waals surface area contributed by atoms with Crippen LogP contribution in [0.25, 0.3) is 0 Å². The van der Waals surface area contributed by atoms with E-state index in [2.05, 4.69) is 17.5 Å². The Morgan fingerprint density at radius 3 is 2.94 bits per heavy atom. The second-order valence-electron chi connectivity index (χ2n) is 3.49. The van der Waals surface area contributed by atoms with Crippen molar-refractivity contribution in [1.82, 2.24) is 5.32 Å². The molecular weight excluding hydrogens is 230 g/mol. The summed E-state index contributed by atoms with van der Waals surface area (Å²) in [6, 6.07) is 9.85. The number of nitrogens with two attached hydrogens (primary N) is 1. The standard InChI is InChI=1S/C13H17N3S/c1-16-13(10-15)17-8-4-7-11-5-2-3-6-12(11)9-14/h2-6,8,13,16H,7,10,15H2,1H3/b8-4+. The van der Waals surface area contributed by atoms with Crippen molar-refractivity contribution >= 4 is 11.8 Å². The van der Waals surface area contributed by atoms with Crippen molar-refractivity contribution < 1.29 is 0 Å². The van der Waals surface area contributed by atoms with Gasteiger partial charge in [-0.05, 0) is 30.5 Å². The minimum absolute atomic E-state index is 0.248. The number of likely N-dealkylation sites (N-methyl/N-ethyl adjacent to an activating group) is 1. The van der Waals surface area contributed by atoms with Crippen LogP contribution in [0.15, 0.2) is 35.7 Å². The van der Waals surface area contributed by atoms with Gasteiger partial charge in [-0.15, -0.1) is 11.8 Å². The van der Waals surface area contributed by atoms with Crippen molar-refractivity contribution in [3.63, 3.8) is 0 Å². The smallest absolute Gasteiger partial charge is 0.0994 e. The number of nitrogens with zero attached hydrogens (tertiary/aromatic N) is 1. The van der Waals surface area contributed by atoms with Crippen LogP contribution in [0.4, 0.5) is 0 Å². The summed E-state index contributed by atoms with van der Waals surface area (Å²) in [6.07, 6.45) is 2.83. The molecule has 0 aliphatic carbocycles. The highest BCUT2D eigenvalue weighted by Crippen LogP contribution is 2.12. The number of hydrogen-bond donors (Lipinski definition) is 2. The highest BCUT2D eigenvalue weighted by Gasteiger charge is 2.00. The van der Waals surface area contributed by atoms with Crippen LogP contribution in [0.2, 0.25) is 0 Å². The van der Waals surface area contributed by atoms with Gasteiger partial charge in [-0.1, -0.05) is 24.3 Å². The number of nitrogens with one attached hydrogen (secondary N) is 1. The van der Waals surface area contributed by atoms with E-state index < -0.39 is 0 Å². The Morgan fingerprint density at radius 1 is 1.53 bits per heavy atom. The van der Waals surface area contributed by atoms with Gasteiger partial charge in [-0.2, -0.15) is 5.26 Å². The fourth-order valence-electron chi connectivity index (χ4n) is 1.37. The van der Waals surface area contributed by atoms with Crippen LogP contribution < -0.4 is 11.1 Å². The average molecular weight is 247 g/mol. The van der Waals surface area contributed by atoms with Gasteiger partial charge >= 0.3 is 0 Å². The molecular formula is C13H17N3S. The summed E-state index contributed by atoms with van der Waals surface area (Å²) < 4.78 is 0. The lowest BCUT2D eigenvalue weighted by atomic mass is 10.1. The van der Waals surface area contributed by atoms with E-state index in [0.29, 0.717) is 6.54 Å². The van der Waals surface area contributed by atoms with E-state index in [1.807, 2.05) is 36.7 Å². The molecule has 1 atom stereocenters. The molecule has 0 aliphatic rings. The van der Waals surface area contributed by atoms with Crippen molar-refractivity contribution in [2.45, 2.75) is 11.8 Å². The average Bonchev–Trinajstić information content (AvgIpc) is 2.39. The maximum Gasteiger partial charge on any atom is 0.0994 e. The van der Waals surface area contributed by atoms with E-state index in [-0.39, 0.29) is 5.37 Å². The van der Waals surface area contributed by atoms with Gasteiger partial charge in [0.1, 0.15) is 0 Å². The predicted molar refractivity (Wildman–Crippen MR) is 73.5 cm³/mol. The van der Waals surface area contributed by atoms with Crippen LogP contribution in [0.5, 0.6) is 0 Å². The number of benzene rings is 1. The fourth-order valence-corrected chi connectivity index (χ4v) is 2.02. The van der Waals surface area contributed by atoms with Crippen LogP contribution in [0, 0.1) is 11.3 Å². The zero-order chi connectivity index (χ0) is 12.5. The van der Waals surface area contributed by atoms with Gasteiger partial charge in [0, 0.05) is 6.54 Å². The molecule has 90 valence electrons. The first-order valence-electron chi connectivity index (χ1n) is 5.47. The Labute approximate surface area is 107 Å². The fraction of sp³-hybridized carbons (Fsp3) is 0.308. The molecule has 17 heavy (non-hydrogen) atoms.